The van der Waals surface area contributed by atoms with Gasteiger partial charge in [0.15, 0.2) is 0 Å². The van der Waals surface area contributed by atoms with Crippen LogP contribution in [0.1, 0.15) is 55.0 Å². The Labute approximate surface area is 136 Å². The molecule has 0 radical (unpaired) electrons. The van der Waals surface area contributed by atoms with Gasteiger partial charge in [0.25, 0.3) is 5.56 Å². The van der Waals surface area contributed by atoms with E-state index >= 15 is 0 Å². The average molecular weight is 313 g/mol. The van der Waals surface area contributed by atoms with Crippen molar-refractivity contribution in [3.05, 3.63) is 51.7 Å². The quantitative estimate of drug-likeness (QED) is 0.934. The van der Waals surface area contributed by atoms with Crippen molar-refractivity contribution >= 4 is 0 Å². The van der Waals surface area contributed by atoms with Crippen LogP contribution < -0.4 is 5.56 Å². The Morgan fingerprint density at radius 1 is 1.35 bits per heavy atom. The molecule has 3 rings (SSSR count). The highest BCUT2D eigenvalue weighted by atomic mass is 16.1. The molecule has 1 aliphatic rings. The summed E-state index contributed by atoms with van der Waals surface area (Å²) < 4.78 is 0. The lowest BCUT2D eigenvalue weighted by Crippen LogP contribution is -2.21. The van der Waals surface area contributed by atoms with Crippen molar-refractivity contribution in [3.8, 4) is 0 Å². The first-order valence-corrected chi connectivity index (χ1v) is 8.12. The average Bonchev–Trinajstić information content (AvgIpc) is 2.95. The summed E-state index contributed by atoms with van der Waals surface area (Å²) in [5, 5.41) is 0. The highest BCUT2D eigenvalue weighted by Gasteiger charge is 2.25. The van der Waals surface area contributed by atoms with Crippen LogP contribution in [0.4, 0.5) is 0 Å². The van der Waals surface area contributed by atoms with E-state index in [0.29, 0.717) is 17.7 Å². The fraction of sp³-hybridized carbons (Fsp3) is 0.529. The van der Waals surface area contributed by atoms with E-state index in [-0.39, 0.29) is 5.56 Å². The van der Waals surface area contributed by atoms with Gasteiger partial charge in [-0.3, -0.25) is 9.69 Å². The highest BCUT2D eigenvalue weighted by molar-refractivity contribution is 5.12. The number of hydrogen-bond acceptors (Lipinski definition) is 5. The van der Waals surface area contributed by atoms with Gasteiger partial charge in [-0.25, -0.2) is 15.0 Å². The normalized spacial score (nSPS) is 18.7. The van der Waals surface area contributed by atoms with Crippen LogP contribution in [-0.2, 0) is 6.54 Å². The third kappa shape index (κ3) is 3.82. The van der Waals surface area contributed by atoms with E-state index in [1.807, 2.05) is 19.3 Å². The minimum Gasteiger partial charge on any atom is -0.311 e. The van der Waals surface area contributed by atoms with Gasteiger partial charge in [-0.05, 0) is 19.9 Å². The van der Waals surface area contributed by atoms with E-state index in [2.05, 4.69) is 38.7 Å². The summed E-state index contributed by atoms with van der Waals surface area (Å²) in [6, 6.07) is 1.63. The molecule has 2 aromatic rings. The molecular formula is C17H23N5O. The lowest BCUT2D eigenvalue weighted by Gasteiger charge is -2.16. The maximum atomic E-state index is 11.6. The van der Waals surface area contributed by atoms with Crippen LogP contribution >= 0.6 is 0 Å². The molecule has 0 spiro atoms. The third-order valence-corrected chi connectivity index (χ3v) is 4.22. The number of aromatic nitrogens is 4. The Morgan fingerprint density at radius 3 is 2.74 bits per heavy atom. The zero-order valence-corrected chi connectivity index (χ0v) is 13.9. The molecule has 3 heterocycles. The van der Waals surface area contributed by atoms with Crippen LogP contribution in [0.15, 0.2) is 23.3 Å². The molecule has 1 fully saturated rings. The molecule has 1 aliphatic heterocycles. The fourth-order valence-electron chi connectivity index (χ4n) is 3.03. The second kappa shape index (κ2) is 6.58. The van der Waals surface area contributed by atoms with Crippen LogP contribution in [0.5, 0.6) is 0 Å². The Morgan fingerprint density at radius 2 is 2.09 bits per heavy atom. The van der Waals surface area contributed by atoms with Gasteiger partial charge in [-0.2, -0.15) is 0 Å². The first kappa shape index (κ1) is 15.8. The summed E-state index contributed by atoms with van der Waals surface area (Å²) in [5.74, 6) is 2.25. The molecule has 1 saturated heterocycles. The number of nitrogens with one attached hydrogen (secondary N) is 1. The molecule has 23 heavy (non-hydrogen) atoms. The van der Waals surface area contributed by atoms with E-state index in [1.54, 1.807) is 6.07 Å². The predicted octanol–water partition coefficient (Wildman–Crippen LogP) is 1.98. The predicted molar refractivity (Wildman–Crippen MR) is 88.4 cm³/mol. The molecule has 0 aliphatic carbocycles. The Bertz CT molecular complexity index is 723. The smallest absolute Gasteiger partial charge is 0.251 e. The second-order valence-electron chi connectivity index (χ2n) is 6.58. The molecule has 0 aromatic carbocycles. The van der Waals surface area contributed by atoms with Crippen molar-refractivity contribution in [2.45, 2.75) is 45.6 Å². The van der Waals surface area contributed by atoms with Gasteiger partial charge in [-0.15, -0.1) is 0 Å². The monoisotopic (exact) mass is 313 g/mol. The first-order chi connectivity index (χ1) is 11.0. The molecule has 0 bridgehead atoms. The van der Waals surface area contributed by atoms with Crippen LogP contribution in [0.2, 0.25) is 0 Å². The van der Waals surface area contributed by atoms with Crippen molar-refractivity contribution in [1.29, 1.82) is 0 Å². The topological polar surface area (TPSA) is 74.8 Å². The Hall–Kier alpha value is -2.08. The van der Waals surface area contributed by atoms with E-state index in [9.17, 15) is 4.79 Å². The van der Waals surface area contributed by atoms with Gasteiger partial charge < -0.3 is 4.98 Å². The maximum Gasteiger partial charge on any atom is 0.251 e. The summed E-state index contributed by atoms with van der Waals surface area (Å²) in [7, 11) is 0. The van der Waals surface area contributed by atoms with Crippen molar-refractivity contribution in [3.63, 3.8) is 0 Å². The summed E-state index contributed by atoms with van der Waals surface area (Å²) in [5.41, 5.74) is 1.97. The number of H-pyrrole nitrogens is 1. The van der Waals surface area contributed by atoms with Gasteiger partial charge in [0.05, 0.1) is 5.69 Å². The lowest BCUT2D eigenvalue weighted by molar-refractivity contribution is 0.325. The van der Waals surface area contributed by atoms with Crippen molar-refractivity contribution < 1.29 is 0 Å². The zero-order valence-electron chi connectivity index (χ0n) is 13.9. The highest BCUT2D eigenvalue weighted by Crippen LogP contribution is 2.26. The van der Waals surface area contributed by atoms with Crippen LogP contribution in [0.3, 0.4) is 0 Å². The van der Waals surface area contributed by atoms with E-state index in [0.717, 1.165) is 43.1 Å². The molecule has 0 saturated carbocycles. The molecule has 6 heteroatoms. The summed E-state index contributed by atoms with van der Waals surface area (Å²) in [6.07, 6.45) is 4.87. The molecular weight excluding hydrogens is 290 g/mol. The van der Waals surface area contributed by atoms with Crippen molar-refractivity contribution in [1.82, 2.24) is 24.8 Å². The molecule has 6 nitrogen and oxygen atoms in total. The van der Waals surface area contributed by atoms with Gasteiger partial charge in [0, 0.05) is 48.9 Å². The molecule has 1 unspecified atom stereocenters. The standard InChI is InChI=1S/C17H23N5O/c1-11(2)17-18-7-13(8-19-17)9-22-5-4-14(10-22)15-6-16(23)21-12(3)20-15/h6-8,11,14H,4-5,9-10H2,1-3H3,(H,20,21,23). The van der Waals surface area contributed by atoms with Crippen LogP contribution in [0.25, 0.3) is 0 Å². The number of aryl methyl sites for hydroxylation is 1. The SMILES string of the molecule is Cc1nc(C2CCN(Cc3cnc(C(C)C)nc3)C2)cc(=O)[nH]1. The van der Waals surface area contributed by atoms with Gasteiger partial charge in [-0.1, -0.05) is 13.8 Å². The molecule has 0 amide bonds. The van der Waals surface area contributed by atoms with Gasteiger partial charge >= 0.3 is 0 Å². The number of nitrogens with zero attached hydrogens (tertiary/aromatic N) is 4. The Balaban J connectivity index is 1.64. The van der Waals surface area contributed by atoms with E-state index in [4.69, 9.17) is 0 Å². The van der Waals surface area contributed by atoms with Crippen molar-refractivity contribution in [2.24, 2.45) is 0 Å². The number of aromatic amines is 1. The minimum absolute atomic E-state index is 0.0661. The maximum absolute atomic E-state index is 11.6. The van der Waals surface area contributed by atoms with Gasteiger partial charge in [0.2, 0.25) is 0 Å². The van der Waals surface area contributed by atoms with Crippen molar-refractivity contribution in [2.75, 3.05) is 13.1 Å². The van der Waals surface area contributed by atoms with Gasteiger partial charge in [0.1, 0.15) is 11.6 Å². The zero-order chi connectivity index (χ0) is 16.4. The Kier molecular flexibility index (Phi) is 4.52. The van der Waals surface area contributed by atoms with Crippen LogP contribution in [-0.4, -0.2) is 37.9 Å². The number of rotatable bonds is 4. The second-order valence-corrected chi connectivity index (χ2v) is 6.58. The molecule has 1 N–H and O–H groups in total. The fourth-order valence-corrected chi connectivity index (χ4v) is 3.03. The van der Waals surface area contributed by atoms with E-state index < -0.39 is 0 Å². The molecule has 1 atom stereocenters. The number of hydrogen-bond donors (Lipinski definition) is 1. The third-order valence-electron chi connectivity index (χ3n) is 4.22. The molecule has 122 valence electrons. The molecule has 2 aromatic heterocycles. The van der Waals surface area contributed by atoms with Crippen LogP contribution in [0, 0.1) is 6.92 Å². The number of likely N-dealkylation sites (tertiary alicyclic amines) is 1. The minimum atomic E-state index is -0.0661. The summed E-state index contributed by atoms with van der Waals surface area (Å²) in [4.78, 5) is 30.0. The van der Waals surface area contributed by atoms with E-state index in [1.165, 1.54) is 0 Å². The largest absolute Gasteiger partial charge is 0.311 e. The first-order valence-electron chi connectivity index (χ1n) is 8.12. The summed E-state index contributed by atoms with van der Waals surface area (Å²) >= 11 is 0. The summed E-state index contributed by atoms with van der Waals surface area (Å²) in [6.45, 7) is 8.78. The lowest BCUT2D eigenvalue weighted by atomic mass is 10.0.